The first-order chi connectivity index (χ1) is 7.27. The molecule has 1 amide bonds. The van der Waals surface area contributed by atoms with Crippen molar-refractivity contribution in [3.05, 3.63) is 42.0 Å². The van der Waals surface area contributed by atoms with Crippen molar-refractivity contribution in [1.82, 2.24) is 5.32 Å². The molecule has 2 rings (SSSR count). The molecule has 0 aliphatic heterocycles. The highest BCUT2D eigenvalue weighted by Crippen LogP contribution is 2.13. The Morgan fingerprint density at radius 1 is 1.27 bits per heavy atom. The average molecular weight is 202 g/mol. The third-order valence-corrected chi connectivity index (χ3v) is 2.55. The zero-order chi connectivity index (χ0) is 10.7. The molecule has 0 heterocycles. The molecule has 3 nitrogen and oxygen atoms in total. The lowest BCUT2D eigenvalue weighted by Crippen LogP contribution is -2.33. The van der Waals surface area contributed by atoms with Crippen LogP contribution in [0.2, 0.25) is 0 Å². The molecule has 3 heteroatoms. The van der Waals surface area contributed by atoms with Gasteiger partial charge < -0.3 is 11.1 Å². The number of nitrogen functional groups attached to an aromatic ring is 1. The Labute approximate surface area is 89.0 Å². The summed E-state index contributed by atoms with van der Waals surface area (Å²) < 4.78 is 0. The highest BCUT2D eigenvalue weighted by molar-refractivity contribution is 5.99. The van der Waals surface area contributed by atoms with Crippen molar-refractivity contribution in [2.24, 2.45) is 0 Å². The first kappa shape index (κ1) is 9.77. The quantitative estimate of drug-likeness (QED) is 0.566. The molecule has 0 fully saturated rings. The van der Waals surface area contributed by atoms with E-state index in [1.165, 1.54) is 0 Å². The molecule has 3 N–H and O–H groups in total. The second-order valence-electron chi connectivity index (χ2n) is 3.70. The molecule has 78 valence electrons. The van der Waals surface area contributed by atoms with E-state index in [2.05, 4.69) is 17.5 Å². The smallest absolute Gasteiger partial charge is 0.253 e. The molecule has 0 atom stereocenters. The van der Waals surface area contributed by atoms with Gasteiger partial charge in [-0.15, -0.1) is 0 Å². The maximum Gasteiger partial charge on any atom is 0.253 e. The van der Waals surface area contributed by atoms with Crippen LogP contribution in [-0.4, -0.2) is 11.9 Å². The molecular weight excluding hydrogens is 188 g/mol. The van der Waals surface area contributed by atoms with Gasteiger partial charge in [-0.2, -0.15) is 0 Å². The van der Waals surface area contributed by atoms with Gasteiger partial charge in [-0.1, -0.05) is 24.3 Å². The van der Waals surface area contributed by atoms with Crippen LogP contribution in [0, 0.1) is 0 Å². The fourth-order valence-electron chi connectivity index (χ4n) is 1.70. The Hall–Kier alpha value is -1.77. The van der Waals surface area contributed by atoms with Gasteiger partial charge in [-0.3, -0.25) is 4.79 Å². The van der Waals surface area contributed by atoms with Gasteiger partial charge >= 0.3 is 0 Å². The van der Waals surface area contributed by atoms with Gasteiger partial charge in [-0.25, -0.2) is 0 Å². The predicted molar refractivity (Wildman–Crippen MR) is 60.5 cm³/mol. The molecule has 0 bridgehead atoms. The number of carbonyl (C=O) groups excluding carboxylic acids is 1. The summed E-state index contributed by atoms with van der Waals surface area (Å²) in [7, 11) is 0. The number of nitrogens with one attached hydrogen (secondary N) is 1. The summed E-state index contributed by atoms with van der Waals surface area (Å²) in [5.74, 6) is -0.0817. The van der Waals surface area contributed by atoms with Gasteiger partial charge in [0.25, 0.3) is 5.91 Å². The molecule has 1 aliphatic rings. The standard InChI is InChI=1S/C12H14N2O/c13-11-8-4-3-7-10(11)12(15)14-9-5-1-2-6-9/h1-4,7-9H,5-6,13H2,(H,14,15). The molecular formula is C12H14N2O. The molecule has 0 unspecified atom stereocenters. The first-order valence-corrected chi connectivity index (χ1v) is 5.08. The van der Waals surface area contributed by atoms with Crippen LogP contribution in [0.15, 0.2) is 36.4 Å². The van der Waals surface area contributed by atoms with Crippen LogP contribution < -0.4 is 11.1 Å². The average Bonchev–Trinajstić information content (AvgIpc) is 2.71. The summed E-state index contributed by atoms with van der Waals surface area (Å²) in [4.78, 5) is 11.8. The van der Waals surface area contributed by atoms with Gasteiger partial charge in [0, 0.05) is 11.7 Å². The second kappa shape index (κ2) is 4.17. The lowest BCUT2D eigenvalue weighted by Gasteiger charge is -2.12. The number of hydrogen-bond acceptors (Lipinski definition) is 2. The number of amides is 1. The maximum absolute atomic E-state index is 11.8. The molecule has 15 heavy (non-hydrogen) atoms. The summed E-state index contributed by atoms with van der Waals surface area (Å²) in [5, 5.41) is 2.95. The zero-order valence-corrected chi connectivity index (χ0v) is 8.44. The highest BCUT2D eigenvalue weighted by atomic mass is 16.1. The lowest BCUT2D eigenvalue weighted by atomic mass is 10.1. The second-order valence-corrected chi connectivity index (χ2v) is 3.70. The summed E-state index contributed by atoms with van der Waals surface area (Å²) in [5.41, 5.74) is 6.81. The monoisotopic (exact) mass is 202 g/mol. The van der Waals surface area contributed by atoms with Crippen LogP contribution >= 0.6 is 0 Å². The van der Waals surface area contributed by atoms with E-state index >= 15 is 0 Å². The molecule has 0 saturated heterocycles. The number of rotatable bonds is 2. The minimum absolute atomic E-state index is 0.0817. The molecule has 0 saturated carbocycles. The fourth-order valence-corrected chi connectivity index (χ4v) is 1.70. The number of para-hydroxylation sites is 1. The van der Waals surface area contributed by atoms with Crippen molar-refractivity contribution in [3.63, 3.8) is 0 Å². The van der Waals surface area contributed by atoms with E-state index < -0.39 is 0 Å². The highest BCUT2D eigenvalue weighted by Gasteiger charge is 2.15. The molecule has 0 spiro atoms. The summed E-state index contributed by atoms with van der Waals surface area (Å²) >= 11 is 0. The Morgan fingerprint density at radius 3 is 2.60 bits per heavy atom. The van der Waals surface area contributed by atoms with Crippen LogP contribution in [-0.2, 0) is 0 Å². The normalized spacial score (nSPS) is 15.5. The van der Waals surface area contributed by atoms with Crippen LogP contribution in [0.5, 0.6) is 0 Å². The first-order valence-electron chi connectivity index (χ1n) is 5.08. The molecule has 0 aromatic heterocycles. The van der Waals surface area contributed by atoms with E-state index in [0.717, 1.165) is 12.8 Å². The van der Waals surface area contributed by atoms with Crippen LogP contribution in [0.3, 0.4) is 0 Å². The van der Waals surface area contributed by atoms with E-state index in [-0.39, 0.29) is 11.9 Å². The fraction of sp³-hybridized carbons (Fsp3) is 0.250. The Morgan fingerprint density at radius 2 is 1.93 bits per heavy atom. The molecule has 1 aromatic carbocycles. The predicted octanol–water partition coefficient (Wildman–Crippen LogP) is 1.72. The van der Waals surface area contributed by atoms with Crippen LogP contribution in [0.1, 0.15) is 23.2 Å². The Balaban J connectivity index is 2.05. The van der Waals surface area contributed by atoms with E-state index in [1.807, 2.05) is 12.1 Å². The minimum atomic E-state index is -0.0817. The van der Waals surface area contributed by atoms with E-state index in [1.54, 1.807) is 12.1 Å². The number of benzene rings is 1. The SMILES string of the molecule is Nc1ccccc1C(=O)NC1CC=CC1. The number of hydrogen-bond donors (Lipinski definition) is 2. The third kappa shape index (κ3) is 2.18. The largest absolute Gasteiger partial charge is 0.398 e. The molecule has 1 aliphatic carbocycles. The van der Waals surface area contributed by atoms with E-state index in [0.29, 0.717) is 11.3 Å². The van der Waals surface area contributed by atoms with Gasteiger partial charge in [0.05, 0.1) is 5.56 Å². The maximum atomic E-state index is 11.8. The summed E-state index contributed by atoms with van der Waals surface area (Å²) in [6.07, 6.45) is 6.00. The van der Waals surface area contributed by atoms with E-state index in [9.17, 15) is 4.79 Å². The van der Waals surface area contributed by atoms with Gasteiger partial charge in [-0.05, 0) is 25.0 Å². The van der Waals surface area contributed by atoms with Gasteiger partial charge in [0.1, 0.15) is 0 Å². The number of nitrogens with two attached hydrogens (primary N) is 1. The molecule has 0 radical (unpaired) electrons. The summed E-state index contributed by atoms with van der Waals surface area (Å²) in [6, 6.07) is 7.35. The van der Waals surface area contributed by atoms with Crippen molar-refractivity contribution in [2.75, 3.05) is 5.73 Å². The third-order valence-electron chi connectivity index (χ3n) is 2.55. The summed E-state index contributed by atoms with van der Waals surface area (Å²) in [6.45, 7) is 0. The minimum Gasteiger partial charge on any atom is -0.398 e. The van der Waals surface area contributed by atoms with Crippen LogP contribution in [0.25, 0.3) is 0 Å². The van der Waals surface area contributed by atoms with E-state index in [4.69, 9.17) is 5.73 Å². The van der Waals surface area contributed by atoms with Crippen molar-refractivity contribution in [1.29, 1.82) is 0 Å². The van der Waals surface area contributed by atoms with Crippen molar-refractivity contribution in [3.8, 4) is 0 Å². The van der Waals surface area contributed by atoms with Crippen LogP contribution in [0.4, 0.5) is 5.69 Å². The number of carbonyl (C=O) groups is 1. The Kier molecular flexibility index (Phi) is 2.72. The lowest BCUT2D eigenvalue weighted by molar-refractivity contribution is 0.0940. The van der Waals surface area contributed by atoms with Gasteiger partial charge in [0.2, 0.25) is 0 Å². The van der Waals surface area contributed by atoms with Crippen molar-refractivity contribution in [2.45, 2.75) is 18.9 Å². The molecule has 1 aromatic rings. The number of anilines is 1. The Bertz CT molecular complexity index is 390. The van der Waals surface area contributed by atoms with Crippen molar-refractivity contribution >= 4 is 11.6 Å². The zero-order valence-electron chi connectivity index (χ0n) is 8.44. The topological polar surface area (TPSA) is 55.1 Å². The van der Waals surface area contributed by atoms with Gasteiger partial charge in [0.15, 0.2) is 0 Å². The van der Waals surface area contributed by atoms with Crippen molar-refractivity contribution < 1.29 is 4.79 Å².